The molecule has 3 unspecified atom stereocenters. The van der Waals surface area contributed by atoms with Gasteiger partial charge in [-0.05, 0) is 37.6 Å². The molecule has 0 radical (unpaired) electrons. The van der Waals surface area contributed by atoms with E-state index in [-0.39, 0.29) is 4.90 Å². The van der Waals surface area contributed by atoms with E-state index in [2.05, 4.69) is 0 Å². The topological polar surface area (TPSA) is 43.1 Å². The van der Waals surface area contributed by atoms with Crippen molar-refractivity contribution >= 4 is 10.8 Å². The van der Waals surface area contributed by atoms with Gasteiger partial charge in [0.15, 0.2) is 11.6 Å². The van der Waals surface area contributed by atoms with E-state index in [1.54, 1.807) is 6.92 Å². The van der Waals surface area contributed by atoms with Crippen LogP contribution in [0.3, 0.4) is 0 Å². The highest BCUT2D eigenvalue weighted by Gasteiger charge is 2.23. The highest BCUT2D eigenvalue weighted by molar-refractivity contribution is 7.85. The first kappa shape index (κ1) is 15.8. The molecule has 21 heavy (non-hydrogen) atoms. The standard InChI is InChI=1S/C16H17F2NOS/c1-10-3-5-12(6-4-10)16(19)11(2)21(20)13-7-8-14(17)15(18)9-13/h3-9,11,16H,19H2,1-2H3. The molecule has 0 aromatic heterocycles. The number of halogens is 2. The van der Waals surface area contributed by atoms with Crippen molar-refractivity contribution in [2.24, 2.45) is 5.73 Å². The summed E-state index contributed by atoms with van der Waals surface area (Å²) in [6, 6.07) is 10.5. The molecule has 0 saturated carbocycles. The highest BCUT2D eigenvalue weighted by atomic mass is 32.2. The zero-order valence-electron chi connectivity index (χ0n) is 11.8. The van der Waals surface area contributed by atoms with Gasteiger partial charge in [0.2, 0.25) is 0 Å². The van der Waals surface area contributed by atoms with Crippen LogP contribution in [0.4, 0.5) is 8.78 Å². The number of aryl methyl sites for hydroxylation is 1. The molecule has 2 nitrogen and oxygen atoms in total. The van der Waals surface area contributed by atoms with Crippen LogP contribution in [0.5, 0.6) is 0 Å². The molecule has 0 spiro atoms. The van der Waals surface area contributed by atoms with Crippen LogP contribution in [-0.2, 0) is 10.8 Å². The number of hydrogen-bond acceptors (Lipinski definition) is 2. The first-order chi connectivity index (χ1) is 9.90. The molecule has 0 aliphatic rings. The fraction of sp³-hybridized carbons (Fsp3) is 0.250. The summed E-state index contributed by atoms with van der Waals surface area (Å²) in [5, 5.41) is -0.419. The minimum Gasteiger partial charge on any atom is -0.323 e. The molecule has 0 fully saturated rings. The summed E-state index contributed by atoms with van der Waals surface area (Å²) < 4.78 is 38.6. The third-order valence-corrected chi connectivity index (χ3v) is 5.12. The minimum atomic E-state index is -1.51. The van der Waals surface area contributed by atoms with Gasteiger partial charge in [-0.15, -0.1) is 0 Å². The monoisotopic (exact) mass is 309 g/mol. The molecule has 0 bridgehead atoms. The predicted molar refractivity (Wildman–Crippen MR) is 80.3 cm³/mol. The van der Waals surface area contributed by atoms with E-state index in [4.69, 9.17) is 5.73 Å². The maximum atomic E-state index is 13.2. The fourth-order valence-corrected chi connectivity index (χ4v) is 3.28. The summed E-state index contributed by atoms with van der Waals surface area (Å²) >= 11 is 0. The van der Waals surface area contributed by atoms with Crippen LogP contribution in [0, 0.1) is 18.6 Å². The van der Waals surface area contributed by atoms with Crippen LogP contribution in [0.2, 0.25) is 0 Å². The van der Waals surface area contributed by atoms with Crippen molar-refractivity contribution in [2.45, 2.75) is 30.0 Å². The van der Waals surface area contributed by atoms with Gasteiger partial charge >= 0.3 is 0 Å². The van der Waals surface area contributed by atoms with Gasteiger partial charge < -0.3 is 5.73 Å². The summed E-state index contributed by atoms with van der Waals surface area (Å²) in [5.41, 5.74) is 8.11. The van der Waals surface area contributed by atoms with Gasteiger partial charge in [0.1, 0.15) is 0 Å². The molecule has 2 aromatic rings. The second kappa shape index (κ2) is 6.45. The first-order valence-electron chi connectivity index (χ1n) is 6.58. The Labute approximate surface area is 125 Å². The molecular formula is C16H17F2NOS. The van der Waals surface area contributed by atoms with Gasteiger partial charge in [0, 0.05) is 10.9 Å². The Balaban J connectivity index is 2.21. The van der Waals surface area contributed by atoms with Crippen LogP contribution in [0.25, 0.3) is 0 Å². The predicted octanol–water partition coefficient (Wildman–Crippen LogP) is 3.47. The summed E-state index contributed by atoms with van der Waals surface area (Å²) in [5.74, 6) is -1.96. The van der Waals surface area contributed by atoms with E-state index in [0.717, 1.165) is 23.3 Å². The Bertz CT molecular complexity index is 658. The van der Waals surface area contributed by atoms with E-state index < -0.39 is 33.7 Å². The molecule has 3 atom stereocenters. The Hall–Kier alpha value is -1.59. The van der Waals surface area contributed by atoms with Crippen molar-refractivity contribution in [2.75, 3.05) is 0 Å². The molecule has 0 saturated heterocycles. The molecule has 0 heterocycles. The number of rotatable bonds is 4. The minimum absolute atomic E-state index is 0.240. The Morgan fingerprint density at radius 3 is 2.24 bits per heavy atom. The molecule has 2 N–H and O–H groups in total. The Kier molecular flexibility index (Phi) is 4.85. The number of benzene rings is 2. The largest absolute Gasteiger partial charge is 0.323 e. The van der Waals surface area contributed by atoms with Gasteiger partial charge in [-0.25, -0.2) is 8.78 Å². The van der Waals surface area contributed by atoms with Gasteiger partial charge in [0.25, 0.3) is 0 Å². The average molecular weight is 309 g/mol. The second-order valence-electron chi connectivity index (χ2n) is 5.01. The number of hydrogen-bond donors (Lipinski definition) is 1. The lowest BCUT2D eigenvalue weighted by molar-refractivity contribution is 0.505. The lowest BCUT2D eigenvalue weighted by atomic mass is 10.0. The third kappa shape index (κ3) is 3.54. The van der Waals surface area contributed by atoms with Crippen LogP contribution >= 0.6 is 0 Å². The second-order valence-corrected chi connectivity index (χ2v) is 6.82. The van der Waals surface area contributed by atoms with E-state index in [0.29, 0.717) is 0 Å². The molecule has 5 heteroatoms. The molecular weight excluding hydrogens is 292 g/mol. The van der Waals surface area contributed by atoms with Crippen molar-refractivity contribution in [3.63, 3.8) is 0 Å². The van der Waals surface area contributed by atoms with Crippen LogP contribution < -0.4 is 5.73 Å². The normalized spacial score (nSPS) is 15.5. The Morgan fingerprint density at radius 1 is 1.05 bits per heavy atom. The molecule has 0 aliphatic carbocycles. The first-order valence-corrected chi connectivity index (χ1v) is 7.79. The lowest BCUT2D eigenvalue weighted by Crippen LogP contribution is -2.27. The third-order valence-electron chi connectivity index (χ3n) is 3.43. The zero-order valence-corrected chi connectivity index (χ0v) is 12.7. The van der Waals surface area contributed by atoms with E-state index in [1.807, 2.05) is 31.2 Å². The summed E-state index contributed by atoms with van der Waals surface area (Å²) in [4.78, 5) is 0.240. The maximum absolute atomic E-state index is 13.2. The average Bonchev–Trinajstić information content (AvgIpc) is 2.48. The lowest BCUT2D eigenvalue weighted by Gasteiger charge is -2.20. The van der Waals surface area contributed by atoms with Gasteiger partial charge in [-0.2, -0.15) is 0 Å². The smallest absolute Gasteiger partial charge is 0.160 e. The van der Waals surface area contributed by atoms with Crippen molar-refractivity contribution in [1.29, 1.82) is 0 Å². The van der Waals surface area contributed by atoms with Crippen molar-refractivity contribution in [3.05, 3.63) is 65.2 Å². The van der Waals surface area contributed by atoms with Crippen LogP contribution in [0.1, 0.15) is 24.1 Å². The molecule has 2 rings (SSSR count). The maximum Gasteiger partial charge on any atom is 0.160 e. The van der Waals surface area contributed by atoms with Crippen LogP contribution in [-0.4, -0.2) is 9.46 Å². The molecule has 112 valence electrons. The quantitative estimate of drug-likeness (QED) is 0.940. The van der Waals surface area contributed by atoms with Gasteiger partial charge in [-0.3, -0.25) is 4.21 Å². The van der Waals surface area contributed by atoms with Crippen molar-refractivity contribution in [1.82, 2.24) is 0 Å². The van der Waals surface area contributed by atoms with E-state index in [1.165, 1.54) is 6.07 Å². The van der Waals surface area contributed by atoms with Gasteiger partial charge in [0.05, 0.1) is 16.0 Å². The number of nitrogens with two attached hydrogens (primary N) is 1. The van der Waals surface area contributed by atoms with Crippen molar-refractivity contribution in [3.8, 4) is 0 Å². The van der Waals surface area contributed by atoms with E-state index in [9.17, 15) is 13.0 Å². The summed E-state index contributed by atoms with van der Waals surface area (Å²) in [6.45, 7) is 3.71. The molecule has 0 amide bonds. The van der Waals surface area contributed by atoms with Gasteiger partial charge in [-0.1, -0.05) is 29.8 Å². The van der Waals surface area contributed by atoms with E-state index >= 15 is 0 Å². The highest BCUT2D eigenvalue weighted by Crippen LogP contribution is 2.23. The summed E-state index contributed by atoms with van der Waals surface area (Å²) in [7, 11) is -1.51. The van der Waals surface area contributed by atoms with Crippen molar-refractivity contribution < 1.29 is 13.0 Å². The summed E-state index contributed by atoms with van der Waals surface area (Å²) in [6.07, 6.45) is 0. The SMILES string of the molecule is Cc1ccc(C(N)C(C)S(=O)c2ccc(F)c(F)c2)cc1. The van der Waals surface area contributed by atoms with Crippen LogP contribution in [0.15, 0.2) is 47.4 Å². The molecule has 0 aliphatic heterocycles. The molecule has 2 aromatic carbocycles. The Morgan fingerprint density at radius 2 is 1.67 bits per heavy atom. The zero-order chi connectivity index (χ0) is 15.6. The fourth-order valence-electron chi connectivity index (χ4n) is 2.01.